The molecule has 0 spiro atoms. The summed E-state index contributed by atoms with van der Waals surface area (Å²) in [5, 5.41) is 5.86. The van der Waals surface area contributed by atoms with Gasteiger partial charge in [-0.1, -0.05) is 6.92 Å². The van der Waals surface area contributed by atoms with Crippen molar-refractivity contribution in [3.63, 3.8) is 0 Å². The van der Waals surface area contributed by atoms with Crippen molar-refractivity contribution in [2.75, 3.05) is 6.54 Å². The molecule has 0 aromatic rings. The number of hydrogen-bond donors (Lipinski definition) is 3. The first-order valence-corrected chi connectivity index (χ1v) is 2.24. The second-order valence-electron chi connectivity index (χ2n) is 0.955. The Morgan fingerprint density at radius 2 is 1.86 bits per heavy atom. The summed E-state index contributed by atoms with van der Waals surface area (Å²) in [6.45, 7) is 2.88. The quantitative estimate of drug-likeness (QED) is 0.320. The lowest BCUT2D eigenvalue weighted by Gasteiger charge is -1.70. The van der Waals surface area contributed by atoms with Gasteiger partial charge < -0.3 is 11.5 Å². The molecule has 0 aliphatic heterocycles. The largest absolute Gasteiger partial charge is 0.390 e. The van der Waals surface area contributed by atoms with Gasteiger partial charge in [0.15, 0.2) is 0 Å². The lowest BCUT2D eigenvalue weighted by molar-refractivity contribution is 0.932. The zero-order valence-corrected chi connectivity index (χ0v) is 4.65. The van der Waals surface area contributed by atoms with E-state index < -0.39 is 0 Å². The Morgan fingerprint density at radius 1 is 1.71 bits per heavy atom. The maximum absolute atomic E-state index is 5.86. The van der Waals surface area contributed by atoms with Crippen molar-refractivity contribution in [1.82, 2.24) is 0 Å². The van der Waals surface area contributed by atoms with Gasteiger partial charge in [0, 0.05) is 0 Å². The predicted molar refractivity (Wildman–Crippen MR) is 32.3 cm³/mol. The Morgan fingerprint density at radius 3 is 1.86 bits per heavy atom. The SMILES string of the molecule is CCCN.N=CN. The third-order valence-corrected chi connectivity index (χ3v) is 0.289. The molecule has 0 radical (unpaired) electrons. The van der Waals surface area contributed by atoms with Crippen LogP contribution in [0.25, 0.3) is 0 Å². The summed E-state index contributed by atoms with van der Waals surface area (Å²) in [4.78, 5) is 0. The normalized spacial score (nSPS) is 6.00. The van der Waals surface area contributed by atoms with Gasteiger partial charge in [-0.25, -0.2) is 0 Å². The van der Waals surface area contributed by atoms with Crippen LogP contribution < -0.4 is 11.5 Å². The van der Waals surface area contributed by atoms with Gasteiger partial charge in [0.25, 0.3) is 0 Å². The predicted octanol–water partition coefficient (Wildman–Crippen LogP) is -0.0927. The van der Waals surface area contributed by atoms with Gasteiger partial charge >= 0.3 is 0 Å². The Hall–Kier alpha value is -0.570. The Bertz CT molecular complexity index is 26.1. The summed E-state index contributed by atoms with van der Waals surface area (Å²) in [7, 11) is 0. The van der Waals surface area contributed by atoms with Crippen molar-refractivity contribution < 1.29 is 0 Å². The van der Waals surface area contributed by atoms with Gasteiger partial charge in [0.05, 0.1) is 6.34 Å². The van der Waals surface area contributed by atoms with Gasteiger partial charge in [0.2, 0.25) is 0 Å². The van der Waals surface area contributed by atoms with Gasteiger partial charge in [-0.05, 0) is 13.0 Å². The van der Waals surface area contributed by atoms with Crippen LogP contribution in [0.15, 0.2) is 0 Å². The minimum Gasteiger partial charge on any atom is -0.390 e. The Kier molecular flexibility index (Phi) is 24.9. The monoisotopic (exact) mass is 103 g/mol. The summed E-state index contributed by atoms with van der Waals surface area (Å²) < 4.78 is 0. The van der Waals surface area contributed by atoms with E-state index in [0.29, 0.717) is 0 Å². The minimum atomic E-state index is 0.750. The molecule has 0 aromatic carbocycles. The highest BCUT2D eigenvalue weighted by molar-refractivity contribution is 5.46. The molecule has 0 aliphatic carbocycles. The molecule has 0 saturated heterocycles. The van der Waals surface area contributed by atoms with Crippen molar-refractivity contribution in [1.29, 1.82) is 5.41 Å². The van der Waals surface area contributed by atoms with E-state index in [4.69, 9.17) is 11.1 Å². The molecule has 0 unspecified atom stereocenters. The van der Waals surface area contributed by atoms with Gasteiger partial charge in [-0.2, -0.15) is 0 Å². The van der Waals surface area contributed by atoms with Gasteiger partial charge in [-0.3, -0.25) is 5.41 Å². The molecule has 0 aliphatic rings. The van der Waals surface area contributed by atoms with Crippen LogP contribution in [-0.4, -0.2) is 12.9 Å². The molecule has 0 rings (SSSR count). The van der Waals surface area contributed by atoms with Crippen LogP contribution in [0.5, 0.6) is 0 Å². The maximum Gasteiger partial charge on any atom is 0.0765 e. The summed E-state index contributed by atoms with van der Waals surface area (Å²) in [6, 6.07) is 0. The van der Waals surface area contributed by atoms with E-state index in [1.807, 2.05) is 0 Å². The topological polar surface area (TPSA) is 75.9 Å². The van der Waals surface area contributed by atoms with Crippen molar-refractivity contribution >= 4 is 6.34 Å². The van der Waals surface area contributed by atoms with Crippen molar-refractivity contribution in [2.24, 2.45) is 11.5 Å². The van der Waals surface area contributed by atoms with E-state index in [2.05, 4.69) is 12.7 Å². The second kappa shape index (κ2) is 18.0. The molecule has 3 nitrogen and oxygen atoms in total. The zero-order chi connectivity index (χ0) is 6.12. The lowest BCUT2D eigenvalue weighted by Crippen LogP contribution is -1.93. The zero-order valence-electron chi connectivity index (χ0n) is 4.65. The van der Waals surface area contributed by atoms with Crippen LogP contribution in [0.3, 0.4) is 0 Å². The molecule has 44 valence electrons. The number of hydrogen-bond acceptors (Lipinski definition) is 2. The fourth-order valence-corrected chi connectivity index (χ4v) is 0. The van der Waals surface area contributed by atoms with Crippen LogP contribution in [0.1, 0.15) is 13.3 Å². The molecule has 0 heterocycles. The van der Waals surface area contributed by atoms with Crippen LogP contribution in [0.2, 0.25) is 0 Å². The van der Waals surface area contributed by atoms with E-state index in [9.17, 15) is 0 Å². The molecule has 0 amide bonds. The fraction of sp³-hybridized carbons (Fsp3) is 0.750. The van der Waals surface area contributed by atoms with Crippen LogP contribution in [0, 0.1) is 5.41 Å². The molecule has 7 heavy (non-hydrogen) atoms. The molecule has 0 aromatic heterocycles. The minimum absolute atomic E-state index is 0.750. The number of nitrogens with two attached hydrogens (primary N) is 2. The number of rotatable bonds is 1. The van der Waals surface area contributed by atoms with E-state index in [1.54, 1.807) is 0 Å². The van der Waals surface area contributed by atoms with E-state index in [0.717, 1.165) is 19.3 Å². The molecule has 0 bridgehead atoms. The Labute approximate surface area is 44.2 Å². The standard InChI is InChI=1S/C3H9N.CH4N2/c1-2-3-4;2-1-3/h2-4H2,1H3;1H,(H3,2,3). The van der Waals surface area contributed by atoms with Crippen LogP contribution in [-0.2, 0) is 0 Å². The Balaban J connectivity index is 0. The fourth-order valence-electron chi connectivity index (χ4n) is 0. The van der Waals surface area contributed by atoms with Gasteiger partial charge in [-0.15, -0.1) is 0 Å². The van der Waals surface area contributed by atoms with Gasteiger partial charge in [0.1, 0.15) is 0 Å². The second-order valence-corrected chi connectivity index (χ2v) is 0.955. The van der Waals surface area contributed by atoms with Crippen LogP contribution >= 0.6 is 0 Å². The lowest BCUT2D eigenvalue weighted by atomic mass is 10.5. The number of nitrogens with one attached hydrogen (secondary N) is 1. The van der Waals surface area contributed by atoms with E-state index in [-0.39, 0.29) is 0 Å². The van der Waals surface area contributed by atoms with Crippen LogP contribution in [0.4, 0.5) is 0 Å². The average molecular weight is 103 g/mol. The average Bonchev–Trinajstić information content (AvgIpc) is 1.69. The first kappa shape index (κ1) is 9.66. The first-order chi connectivity index (χ1) is 3.33. The van der Waals surface area contributed by atoms with E-state index >= 15 is 0 Å². The molecule has 3 heteroatoms. The third-order valence-electron chi connectivity index (χ3n) is 0.289. The van der Waals surface area contributed by atoms with Crippen molar-refractivity contribution in [3.8, 4) is 0 Å². The summed E-state index contributed by atoms with van der Waals surface area (Å²) in [5.41, 5.74) is 9.42. The first-order valence-electron chi connectivity index (χ1n) is 2.24. The summed E-state index contributed by atoms with van der Waals surface area (Å²) in [5.74, 6) is 0. The highest BCUT2D eigenvalue weighted by atomic mass is 14.6. The molecule has 0 saturated carbocycles. The highest BCUT2D eigenvalue weighted by Gasteiger charge is 1.55. The summed E-state index contributed by atoms with van der Waals surface area (Å²) >= 11 is 0. The highest BCUT2D eigenvalue weighted by Crippen LogP contribution is 1.57. The third kappa shape index (κ3) is 346. The molecular weight excluding hydrogens is 90.1 g/mol. The molecule has 5 N–H and O–H groups in total. The van der Waals surface area contributed by atoms with E-state index in [1.165, 1.54) is 0 Å². The van der Waals surface area contributed by atoms with Crippen molar-refractivity contribution in [2.45, 2.75) is 13.3 Å². The smallest absolute Gasteiger partial charge is 0.0765 e. The maximum atomic E-state index is 5.86. The summed E-state index contributed by atoms with van der Waals surface area (Å²) in [6.07, 6.45) is 1.85. The van der Waals surface area contributed by atoms with Crippen molar-refractivity contribution in [3.05, 3.63) is 0 Å². The molecule has 0 fully saturated rings. The molecular formula is C4H13N3. The molecule has 0 atom stereocenters.